The molecule has 5 atom stereocenters. The van der Waals surface area contributed by atoms with Crippen molar-refractivity contribution in [3.63, 3.8) is 0 Å². The van der Waals surface area contributed by atoms with E-state index in [-0.39, 0.29) is 30.4 Å². The van der Waals surface area contributed by atoms with Crippen molar-refractivity contribution in [2.45, 2.75) is 63.8 Å². The number of hydrogen-bond donors (Lipinski definition) is 0. The van der Waals surface area contributed by atoms with Gasteiger partial charge in [0.25, 0.3) is 0 Å². The SMILES string of the molecule is COC1COCCC1C[C@@H]1C[C@H]2CN(C(=O)CCCN(C)C)C[C@@]2(C(=O)N2CCc3ncc(C(F)(F)F)cc3C2)C1. The first-order valence-corrected chi connectivity index (χ1v) is 14.9. The van der Waals surface area contributed by atoms with E-state index in [9.17, 15) is 22.8 Å². The molecular weight excluding hydrogens is 537 g/mol. The summed E-state index contributed by atoms with van der Waals surface area (Å²) in [5, 5.41) is 0. The Bertz CT molecular complexity index is 1120. The molecule has 1 aliphatic carbocycles. The normalized spacial score (nSPS) is 30.0. The standard InChI is InChI=1S/C30H43F3N4O4/c1-35(2)8-4-5-27(38)37-17-24-12-20(11-21-7-10-41-18-26(21)40-3)14-29(24,19-37)28(39)36-9-6-25-22(16-36)13-23(15-34-25)30(31,32)33/h13,15,20-21,24,26H,4-12,14,16-19H2,1-3H3/t20-,21?,24+,26?,29+/m1/s1. The fourth-order valence-corrected chi connectivity index (χ4v) is 7.69. The summed E-state index contributed by atoms with van der Waals surface area (Å²) in [6.07, 6.45) is 1.50. The Hall–Kier alpha value is -2.24. The molecule has 228 valence electrons. The van der Waals surface area contributed by atoms with Gasteiger partial charge in [-0.2, -0.15) is 13.2 Å². The first-order valence-electron chi connectivity index (χ1n) is 14.9. The van der Waals surface area contributed by atoms with E-state index >= 15 is 0 Å². The number of likely N-dealkylation sites (tertiary alicyclic amines) is 1. The fourth-order valence-electron chi connectivity index (χ4n) is 7.69. The largest absolute Gasteiger partial charge is 0.417 e. The van der Waals surface area contributed by atoms with Gasteiger partial charge >= 0.3 is 6.18 Å². The van der Waals surface area contributed by atoms with E-state index in [4.69, 9.17) is 9.47 Å². The van der Waals surface area contributed by atoms with E-state index in [1.807, 2.05) is 19.0 Å². The molecule has 1 saturated carbocycles. The fraction of sp³-hybridized carbons (Fsp3) is 0.767. The van der Waals surface area contributed by atoms with Crippen LogP contribution in [0, 0.1) is 23.2 Å². The van der Waals surface area contributed by atoms with Gasteiger partial charge in [0.05, 0.1) is 23.7 Å². The van der Waals surface area contributed by atoms with Crippen LogP contribution in [0.15, 0.2) is 12.3 Å². The molecule has 41 heavy (non-hydrogen) atoms. The van der Waals surface area contributed by atoms with E-state index in [1.165, 1.54) is 0 Å². The van der Waals surface area contributed by atoms with E-state index < -0.39 is 17.2 Å². The third-order valence-corrected chi connectivity index (χ3v) is 9.77. The molecule has 2 amide bonds. The first kappa shape index (κ1) is 30.2. The smallest absolute Gasteiger partial charge is 0.379 e. The summed E-state index contributed by atoms with van der Waals surface area (Å²) in [6, 6.07) is 1.14. The zero-order chi connectivity index (χ0) is 29.4. The van der Waals surface area contributed by atoms with Gasteiger partial charge in [0.15, 0.2) is 0 Å². The molecule has 4 aliphatic rings. The van der Waals surface area contributed by atoms with Crippen molar-refractivity contribution in [1.29, 1.82) is 0 Å². The number of pyridine rings is 1. The van der Waals surface area contributed by atoms with Crippen LogP contribution in [0.1, 0.15) is 55.3 Å². The Morgan fingerprint density at radius 3 is 2.80 bits per heavy atom. The van der Waals surface area contributed by atoms with Crippen molar-refractivity contribution in [2.24, 2.45) is 23.2 Å². The van der Waals surface area contributed by atoms with Crippen LogP contribution in [0.2, 0.25) is 0 Å². The summed E-state index contributed by atoms with van der Waals surface area (Å²) in [5.41, 5.74) is -0.416. The summed E-state index contributed by atoms with van der Waals surface area (Å²) in [6.45, 7) is 3.60. The second-order valence-electron chi connectivity index (χ2n) is 12.8. The minimum atomic E-state index is -4.49. The van der Waals surface area contributed by atoms with E-state index in [1.54, 1.807) is 12.0 Å². The number of alkyl halides is 3. The highest BCUT2D eigenvalue weighted by atomic mass is 19.4. The number of halogens is 3. The molecule has 0 aromatic carbocycles. The highest BCUT2D eigenvalue weighted by molar-refractivity contribution is 5.86. The van der Waals surface area contributed by atoms with Gasteiger partial charge in [0, 0.05) is 64.6 Å². The molecule has 11 heteroatoms. The predicted octanol–water partition coefficient (Wildman–Crippen LogP) is 3.62. The van der Waals surface area contributed by atoms with Crippen molar-refractivity contribution in [2.75, 3.05) is 60.6 Å². The Labute approximate surface area is 240 Å². The molecule has 4 heterocycles. The molecule has 8 nitrogen and oxygen atoms in total. The van der Waals surface area contributed by atoms with E-state index in [0.29, 0.717) is 75.2 Å². The molecule has 0 radical (unpaired) electrons. The molecule has 1 aromatic rings. The first-order chi connectivity index (χ1) is 19.5. The maximum atomic E-state index is 14.4. The van der Waals surface area contributed by atoms with Gasteiger partial charge in [0.1, 0.15) is 0 Å². The molecule has 5 rings (SSSR count). The van der Waals surface area contributed by atoms with Crippen LogP contribution in [0.25, 0.3) is 0 Å². The van der Waals surface area contributed by atoms with Crippen molar-refractivity contribution in [3.8, 4) is 0 Å². The quantitative estimate of drug-likeness (QED) is 0.468. The molecule has 0 spiro atoms. The third kappa shape index (κ3) is 6.41. The van der Waals surface area contributed by atoms with Crippen LogP contribution in [-0.2, 0) is 38.2 Å². The molecule has 1 aromatic heterocycles. The summed E-state index contributed by atoms with van der Waals surface area (Å²) in [5.74, 6) is 0.789. The molecule has 2 unspecified atom stereocenters. The minimum absolute atomic E-state index is 0.0214. The van der Waals surface area contributed by atoms with Crippen LogP contribution in [0.5, 0.6) is 0 Å². The molecule has 3 fully saturated rings. The lowest BCUT2D eigenvalue weighted by Crippen LogP contribution is -2.49. The van der Waals surface area contributed by atoms with Crippen LogP contribution < -0.4 is 0 Å². The monoisotopic (exact) mass is 580 g/mol. The molecular formula is C30H43F3N4O4. The zero-order valence-electron chi connectivity index (χ0n) is 24.4. The van der Waals surface area contributed by atoms with Crippen molar-refractivity contribution < 1.29 is 32.2 Å². The summed E-state index contributed by atoms with van der Waals surface area (Å²) in [7, 11) is 5.68. The average molecular weight is 581 g/mol. The lowest BCUT2D eigenvalue weighted by atomic mass is 9.78. The summed E-state index contributed by atoms with van der Waals surface area (Å²) < 4.78 is 51.5. The summed E-state index contributed by atoms with van der Waals surface area (Å²) >= 11 is 0. The van der Waals surface area contributed by atoms with Gasteiger partial charge in [-0.05, 0) is 82.1 Å². The van der Waals surface area contributed by atoms with Crippen molar-refractivity contribution in [3.05, 3.63) is 29.1 Å². The Morgan fingerprint density at radius 2 is 2.07 bits per heavy atom. The number of carbonyl (C=O) groups excluding carboxylic acids is 2. The molecule has 2 saturated heterocycles. The number of nitrogens with zero attached hydrogens (tertiary/aromatic N) is 4. The van der Waals surface area contributed by atoms with Gasteiger partial charge < -0.3 is 24.2 Å². The lowest BCUT2D eigenvalue weighted by molar-refractivity contribution is -0.144. The summed E-state index contributed by atoms with van der Waals surface area (Å²) in [4.78, 5) is 37.4. The molecule has 0 bridgehead atoms. The van der Waals surface area contributed by atoms with Gasteiger partial charge in [0.2, 0.25) is 11.8 Å². The number of aromatic nitrogens is 1. The van der Waals surface area contributed by atoms with Gasteiger partial charge in [-0.1, -0.05) is 0 Å². The maximum Gasteiger partial charge on any atom is 0.417 e. The van der Waals surface area contributed by atoms with Crippen molar-refractivity contribution in [1.82, 2.24) is 19.7 Å². The zero-order valence-corrected chi connectivity index (χ0v) is 24.4. The van der Waals surface area contributed by atoms with Crippen LogP contribution in [-0.4, -0.2) is 98.2 Å². The Morgan fingerprint density at radius 1 is 1.27 bits per heavy atom. The van der Waals surface area contributed by atoms with Gasteiger partial charge in [-0.25, -0.2) is 0 Å². The molecule has 3 aliphatic heterocycles. The highest BCUT2D eigenvalue weighted by Gasteiger charge is 2.59. The second kappa shape index (κ2) is 12.2. The van der Waals surface area contributed by atoms with Gasteiger partial charge in [-0.3, -0.25) is 14.6 Å². The number of rotatable bonds is 8. The predicted molar refractivity (Wildman–Crippen MR) is 146 cm³/mol. The topological polar surface area (TPSA) is 75.2 Å². The third-order valence-electron chi connectivity index (χ3n) is 9.77. The number of hydrogen-bond acceptors (Lipinski definition) is 6. The van der Waals surface area contributed by atoms with Crippen LogP contribution in [0.3, 0.4) is 0 Å². The maximum absolute atomic E-state index is 14.4. The van der Waals surface area contributed by atoms with E-state index in [0.717, 1.165) is 44.5 Å². The van der Waals surface area contributed by atoms with Crippen molar-refractivity contribution >= 4 is 11.8 Å². The van der Waals surface area contributed by atoms with Gasteiger partial charge in [-0.15, -0.1) is 0 Å². The Kier molecular flexibility index (Phi) is 8.97. The average Bonchev–Trinajstić information content (AvgIpc) is 3.46. The lowest BCUT2D eigenvalue weighted by Gasteiger charge is -2.37. The van der Waals surface area contributed by atoms with E-state index in [2.05, 4.69) is 9.88 Å². The van der Waals surface area contributed by atoms with Crippen LogP contribution >= 0.6 is 0 Å². The number of carbonyl (C=O) groups is 2. The number of methoxy groups -OCH3 is 1. The molecule has 0 N–H and O–H groups in total. The number of fused-ring (bicyclic) bond motifs is 2. The Balaban J connectivity index is 1.35. The second-order valence-corrected chi connectivity index (χ2v) is 12.8. The number of ether oxygens (including phenoxy) is 2. The minimum Gasteiger partial charge on any atom is -0.379 e. The highest BCUT2D eigenvalue weighted by Crippen LogP contribution is 2.54. The van der Waals surface area contributed by atoms with Crippen LogP contribution in [0.4, 0.5) is 13.2 Å². The number of amides is 2.